The second kappa shape index (κ2) is 11.4. The van der Waals surface area contributed by atoms with E-state index in [1.165, 1.54) is 18.0 Å². The molecule has 0 unspecified atom stereocenters. The van der Waals surface area contributed by atoms with Crippen LogP contribution in [-0.2, 0) is 6.54 Å². The number of rotatable bonds is 6. The van der Waals surface area contributed by atoms with E-state index in [0.717, 1.165) is 38.9 Å². The molecule has 2 N–H and O–H groups in total. The number of urea groups is 1. The van der Waals surface area contributed by atoms with Crippen molar-refractivity contribution in [3.05, 3.63) is 47.8 Å². The van der Waals surface area contributed by atoms with E-state index in [9.17, 15) is 9.90 Å². The van der Waals surface area contributed by atoms with Gasteiger partial charge in [-0.3, -0.25) is 4.90 Å². The van der Waals surface area contributed by atoms with Crippen LogP contribution < -0.4 is 10.2 Å². The van der Waals surface area contributed by atoms with E-state index in [4.69, 9.17) is 5.26 Å². The van der Waals surface area contributed by atoms with Gasteiger partial charge in [0.25, 0.3) is 0 Å². The Morgan fingerprint density at radius 2 is 1.74 bits per heavy atom. The minimum Gasteiger partial charge on any atom is -0.508 e. The molecule has 9 heteroatoms. The number of phenols is 1. The van der Waals surface area contributed by atoms with Crippen LogP contribution in [0.25, 0.3) is 0 Å². The van der Waals surface area contributed by atoms with Gasteiger partial charge in [0.05, 0.1) is 18.0 Å². The van der Waals surface area contributed by atoms with Gasteiger partial charge in [0.1, 0.15) is 11.8 Å². The Morgan fingerprint density at radius 1 is 1.11 bits per heavy atom. The molecule has 35 heavy (non-hydrogen) atoms. The van der Waals surface area contributed by atoms with Gasteiger partial charge in [-0.2, -0.15) is 5.26 Å². The van der Waals surface area contributed by atoms with Gasteiger partial charge in [-0.1, -0.05) is 12.1 Å². The predicted octanol–water partition coefficient (Wildman–Crippen LogP) is 2.96. The third kappa shape index (κ3) is 6.40. The first kappa shape index (κ1) is 24.7. The fourth-order valence-electron chi connectivity index (χ4n) is 5.20. The summed E-state index contributed by atoms with van der Waals surface area (Å²) < 4.78 is 0. The van der Waals surface area contributed by atoms with Crippen molar-refractivity contribution in [1.82, 2.24) is 25.1 Å². The molecule has 186 valence electrons. The van der Waals surface area contributed by atoms with E-state index in [1.54, 1.807) is 12.1 Å². The molecule has 1 aromatic heterocycles. The molecule has 2 atom stereocenters. The van der Waals surface area contributed by atoms with Crippen molar-refractivity contribution in [2.45, 2.75) is 51.7 Å². The van der Waals surface area contributed by atoms with Crippen molar-refractivity contribution in [1.29, 1.82) is 5.26 Å². The number of piperidine rings is 1. The summed E-state index contributed by atoms with van der Waals surface area (Å²) in [5, 5.41) is 21.5. The number of phenolic OH excluding ortho intramolecular Hbond substituents is 1. The number of piperazine rings is 1. The number of anilines is 1. The molecule has 2 amide bonds. The van der Waals surface area contributed by atoms with Crippen molar-refractivity contribution in [2.75, 3.05) is 37.6 Å². The Balaban J connectivity index is 1.18. The molecule has 3 heterocycles. The Kier molecular flexibility index (Phi) is 8.03. The van der Waals surface area contributed by atoms with Crippen molar-refractivity contribution in [3.8, 4) is 11.8 Å². The van der Waals surface area contributed by atoms with Crippen LogP contribution >= 0.6 is 0 Å². The van der Waals surface area contributed by atoms with Gasteiger partial charge in [0.2, 0.25) is 5.95 Å². The number of amides is 2. The Labute approximate surface area is 207 Å². The highest BCUT2D eigenvalue weighted by Crippen LogP contribution is 2.23. The standard InChI is InChI=1S/C26H35N7O2/c1-19-16-32(25-29-14-23(13-27)15-30-25)17-20(2)33(19)26(35)28-10-7-21-8-11-31(12-9-21)18-22-3-5-24(34)6-4-22/h3-6,14-15,19-21,34H,7-12,16-18H2,1-2H3,(H,28,35)/t19-,20+. The summed E-state index contributed by atoms with van der Waals surface area (Å²) in [5.74, 6) is 1.53. The number of nitrogens with one attached hydrogen (secondary N) is 1. The molecule has 2 saturated heterocycles. The monoisotopic (exact) mass is 477 g/mol. The molecule has 0 saturated carbocycles. The van der Waals surface area contributed by atoms with E-state index in [-0.39, 0.29) is 18.1 Å². The van der Waals surface area contributed by atoms with Crippen LogP contribution in [0.5, 0.6) is 5.75 Å². The van der Waals surface area contributed by atoms with Crippen molar-refractivity contribution in [2.24, 2.45) is 5.92 Å². The Hall–Kier alpha value is -3.38. The highest BCUT2D eigenvalue weighted by atomic mass is 16.3. The van der Waals surface area contributed by atoms with Gasteiger partial charge in [0, 0.05) is 38.3 Å². The lowest BCUT2D eigenvalue weighted by Gasteiger charge is -2.44. The SMILES string of the molecule is C[C@@H]1CN(c2ncc(C#N)cn2)C[C@H](C)N1C(=O)NCCC1CCN(Cc2ccc(O)cc2)CC1. The molecule has 2 aliphatic heterocycles. The average Bonchev–Trinajstić information content (AvgIpc) is 2.86. The summed E-state index contributed by atoms with van der Waals surface area (Å²) in [6, 6.07) is 9.54. The summed E-state index contributed by atoms with van der Waals surface area (Å²) in [6.07, 6.45) is 6.36. The van der Waals surface area contributed by atoms with Gasteiger partial charge < -0.3 is 20.2 Å². The number of nitriles is 1. The lowest BCUT2D eigenvalue weighted by atomic mass is 9.93. The van der Waals surface area contributed by atoms with Gasteiger partial charge in [0.15, 0.2) is 0 Å². The first-order valence-electron chi connectivity index (χ1n) is 12.5. The summed E-state index contributed by atoms with van der Waals surface area (Å²) >= 11 is 0. The maximum absolute atomic E-state index is 13.0. The van der Waals surface area contributed by atoms with Gasteiger partial charge >= 0.3 is 6.03 Å². The zero-order valence-electron chi connectivity index (χ0n) is 20.6. The number of likely N-dealkylation sites (tertiary alicyclic amines) is 1. The Morgan fingerprint density at radius 3 is 2.34 bits per heavy atom. The molecule has 4 rings (SSSR count). The van der Waals surface area contributed by atoms with Crippen molar-refractivity contribution < 1.29 is 9.90 Å². The second-order valence-electron chi connectivity index (χ2n) is 9.80. The maximum Gasteiger partial charge on any atom is 0.318 e. The average molecular weight is 478 g/mol. The molecule has 0 spiro atoms. The number of hydrogen-bond donors (Lipinski definition) is 2. The fraction of sp³-hybridized carbons (Fsp3) is 0.538. The van der Waals surface area contributed by atoms with Crippen LogP contribution in [0.3, 0.4) is 0 Å². The van der Waals surface area contributed by atoms with Crippen molar-refractivity contribution in [3.63, 3.8) is 0 Å². The van der Waals surface area contributed by atoms with E-state index in [0.29, 0.717) is 42.8 Å². The van der Waals surface area contributed by atoms with E-state index < -0.39 is 0 Å². The molecule has 2 fully saturated rings. The molecular formula is C26H35N7O2. The number of aromatic hydroxyl groups is 1. The summed E-state index contributed by atoms with van der Waals surface area (Å²) in [4.78, 5) is 28.0. The maximum atomic E-state index is 13.0. The molecule has 0 aliphatic carbocycles. The molecule has 0 bridgehead atoms. The summed E-state index contributed by atoms with van der Waals surface area (Å²) in [6.45, 7) is 9.15. The fourth-order valence-corrected chi connectivity index (χ4v) is 5.20. The minimum atomic E-state index is -0.00448. The van der Waals surface area contributed by atoms with Crippen LogP contribution in [0.1, 0.15) is 44.2 Å². The minimum absolute atomic E-state index is 0.00448. The molecular weight excluding hydrogens is 442 g/mol. The van der Waals surface area contributed by atoms with E-state index in [2.05, 4.69) is 38.9 Å². The number of carbonyl (C=O) groups is 1. The third-order valence-corrected chi connectivity index (χ3v) is 7.08. The normalized spacial score (nSPS) is 21.5. The highest BCUT2D eigenvalue weighted by Gasteiger charge is 2.34. The number of aromatic nitrogens is 2. The Bertz CT molecular complexity index is 1000. The lowest BCUT2D eigenvalue weighted by Crippen LogP contribution is -2.61. The molecule has 1 aromatic carbocycles. The van der Waals surface area contributed by atoms with Crippen molar-refractivity contribution >= 4 is 12.0 Å². The molecule has 9 nitrogen and oxygen atoms in total. The van der Waals surface area contributed by atoms with Crippen LogP contribution in [0.15, 0.2) is 36.7 Å². The highest BCUT2D eigenvalue weighted by molar-refractivity contribution is 5.75. The van der Waals surface area contributed by atoms with E-state index in [1.807, 2.05) is 23.1 Å². The number of carbonyl (C=O) groups excluding carboxylic acids is 1. The first-order chi connectivity index (χ1) is 16.9. The quantitative estimate of drug-likeness (QED) is 0.658. The molecule has 0 radical (unpaired) electrons. The van der Waals surface area contributed by atoms with E-state index >= 15 is 0 Å². The molecule has 2 aliphatic rings. The van der Waals surface area contributed by atoms with Gasteiger partial charge in [-0.25, -0.2) is 14.8 Å². The summed E-state index contributed by atoms with van der Waals surface area (Å²) in [5.41, 5.74) is 1.67. The number of hydrogen-bond acceptors (Lipinski definition) is 7. The largest absolute Gasteiger partial charge is 0.508 e. The first-order valence-corrected chi connectivity index (χ1v) is 12.5. The van der Waals surface area contributed by atoms with Crippen LogP contribution in [0, 0.1) is 17.2 Å². The third-order valence-electron chi connectivity index (χ3n) is 7.08. The number of benzene rings is 1. The van der Waals surface area contributed by atoms with Crippen LogP contribution in [0.4, 0.5) is 10.7 Å². The molecule has 2 aromatic rings. The second-order valence-corrected chi connectivity index (χ2v) is 9.80. The van der Waals surface area contributed by atoms with Gasteiger partial charge in [-0.05, 0) is 69.8 Å². The van der Waals surface area contributed by atoms with Crippen LogP contribution in [-0.4, -0.2) is 75.7 Å². The van der Waals surface area contributed by atoms with Crippen LogP contribution in [0.2, 0.25) is 0 Å². The zero-order chi connectivity index (χ0) is 24.8. The summed E-state index contributed by atoms with van der Waals surface area (Å²) in [7, 11) is 0. The smallest absolute Gasteiger partial charge is 0.318 e. The zero-order valence-corrected chi connectivity index (χ0v) is 20.6. The number of nitrogens with zero attached hydrogens (tertiary/aromatic N) is 6. The lowest BCUT2D eigenvalue weighted by molar-refractivity contribution is 0.139. The topological polar surface area (TPSA) is 109 Å². The predicted molar refractivity (Wildman–Crippen MR) is 134 cm³/mol. The van der Waals surface area contributed by atoms with Gasteiger partial charge in [-0.15, -0.1) is 0 Å².